The van der Waals surface area contributed by atoms with E-state index in [1.54, 1.807) is 7.11 Å². The molecular weight excluding hydrogens is 256 g/mol. The van der Waals surface area contributed by atoms with Crippen LogP contribution in [0.25, 0.3) is 0 Å². The minimum Gasteiger partial charge on any atom is -0.394 e. The minimum atomic E-state index is 0.189. The zero-order valence-electron chi connectivity index (χ0n) is 10.5. The molecule has 0 atom stereocenters. The molecule has 0 saturated heterocycles. The van der Waals surface area contributed by atoms with Crippen molar-refractivity contribution in [2.24, 2.45) is 0 Å². The van der Waals surface area contributed by atoms with Gasteiger partial charge in [-0.15, -0.1) is 0 Å². The molecule has 0 unspecified atom stereocenters. The first kappa shape index (κ1) is 14.9. The number of halogens is 1. The maximum atomic E-state index is 5.70. The highest BCUT2D eigenvalue weighted by molar-refractivity contribution is 6.28. The Morgan fingerprint density at radius 3 is 2.94 bits per heavy atom. The number of hydrogen-bond donors (Lipinski definition) is 2. The Bertz CT molecular complexity index is 352. The van der Waals surface area contributed by atoms with Crippen LogP contribution in [0.1, 0.15) is 12.8 Å². The fraction of sp³-hybridized carbons (Fsp3) is 0.636. The summed E-state index contributed by atoms with van der Waals surface area (Å²) in [5.41, 5.74) is 6.20. The molecule has 0 aromatic carbocycles. The third kappa shape index (κ3) is 6.00. The number of methoxy groups -OCH3 is 1. The first-order valence-corrected chi connectivity index (χ1v) is 6.20. The summed E-state index contributed by atoms with van der Waals surface area (Å²) >= 11 is 5.68. The molecule has 0 radical (unpaired) electrons. The van der Waals surface area contributed by atoms with Crippen molar-refractivity contribution in [2.75, 3.05) is 44.5 Å². The Kier molecular flexibility index (Phi) is 7.40. The summed E-state index contributed by atoms with van der Waals surface area (Å²) < 4.78 is 10.2. The first-order valence-electron chi connectivity index (χ1n) is 5.82. The van der Waals surface area contributed by atoms with E-state index in [0.29, 0.717) is 24.7 Å². The molecule has 0 fully saturated rings. The van der Waals surface area contributed by atoms with Crippen molar-refractivity contribution in [1.82, 2.24) is 9.97 Å². The summed E-state index contributed by atoms with van der Waals surface area (Å²) in [4.78, 5) is 7.78. The largest absolute Gasteiger partial charge is 0.394 e. The van der Waals surface area contributed by atoms with Crippen LogP contribution < -0.4 is 11.1 Å². The normalized spacial score (nSPS) is 10.6. The number of anilines is 2. The molecule has 18 heavy (non-hydrogen) atoms. The second-order valence-corrected chi connectivity index (χ2v) is 4.02. The molecule has 6 nitrogen and oxygen atoms in total. The summed E-state index contributed by atoms with van der Waals surface area (Å²) in [6.45, 7) is 2.77. The Balaban J connectivity index is 2.09. The number of nitrogens with two attached hydrogens (primary N) is 1. The average molecular weight is 275 g/mol. The molecule has 0 amide bonds. The quantitative estimate of drug-likeness (QED) is 0.525. The average Bonchev–Trinajstić information content (AvgIpc) is 2.36. The molecule has 0 saturated carbocycles. The molecule has 0 bridgehead atoms. The van der Waals surface area contributed by atoms with Gasteiger partial charge in [-0.25, -0.2) is 4.98 Å². The molecule has 7 heteroatoms. The number of aromatic nitrogens is 2. The van der Waals surface area contributed by atoms with Gasteiger partial charge in [0.25, 0.3) is 0 Å². The highest BCUT2D eigenvalue weighted by atomic mass is 35.5. The second-order valence-electron chi connectivity index (χ2n) is 3.68. The minimum absolute atomic E-state index is 0.189. The van der Waals surface area contributed by atoms with Gasteiger partial charge in [0.1, 0.15) is 0 Å². The van der Waals surface area contributed by atoms with E-state index in [-0.39, 0.29) is 5.28 Å². The van der Waals surface area contributed by atoms with Crippen LogP contribution in [0.2, 0.25) is 5.28 Å². The van der Waals surface area contributed by atoms with Crippen LogP contribution >= 0.6 is 11.6 Å². The second kappa shape index (κ2) is 8.91. The van der Waals surface area contributed by atoms with E-state index in [9.17, 15) is 0 Å². The smallest absolute Gasteiger partial charge is 0.224 e. The van der Waals surface area contributed by atoms with Gasteiger partial charge in [0, 0.05) is 20.3 Å². The lowest BCUT2D eigenvalue weighted by Crippen LogP contribution is -2.08. The lowest BCUT2D eigenvalue weighted by atomic mass is 10.3. The van der Waals surface area contributed by atoms with Gasteiger partial charge in [-0.1, -0.05) is 0 Å². The van der Waals surface area contributed by atoms with Gasteiger partial charge in [-0.05, 0) is 24.4 Å². The Labute approximate surface area is 112 Å². The van der Waals surface area contributed by atoms with Gasteiger partial charge >= 0.3 is 0 Å². The summed E-state index contributed by atoms with van der Waals surface area (Å²) in [7, 11) is 1.66. The maximum absolute atomic E-state index is 5.70. The highest BCUT2D eigenvalue weighted by Gasteiger charge is 2.01. The van der Waals surface area contributed by atoms with E-state index in [2.05, 4.69) is 15.3 Å². The third-order valence-corrected chi connectivity index (χ3v) is 2.41. The van der Waals surface area contributed by atoms with Crippen molar-refractivity contribution in [2.45, 2.75) is 12.8 Å². The molecule has 0 spiro atoms. The standard InChI is InChI=1S/C11H19ClN4O2/c1-17-6-7-18-5-3-2-4-14-10-9(13)8-15-11(12)16-10/h8H,2-7,13H2,1H3,(H,14,15,16). The van der Waals surface area contributed by atoms with E-state index < -0.39 is 0 Å². The van der Waals surface area contributed by atoms with E-state index in [4.69, 9.17) is 26.8 Å². The molecular formula is C11H19ClN4O2. The fourth-order valence-electron chi connectivity index (χ4n) is 1.29. The number of ether oxygens (including phenoxy) is 2. The van der Waals surface area contributed by atoms with Crippen LogP contribution in [0.3, 0.4) is 0 Å². The number of hydrogen-bond acceptors (Lipinski definition) is 6. The number of unbranched alkanes of at least 4 members (excludes halogenated alkanes) is 1. The number of nitrogens with one attached hydrogen (secondary N) is 1. The first-order chi connectivity index (χ1) is 8.74. The molecule has 1 rings (SSSR count). The molecule has 1 aromatic heterocycles. The van der Waals surface area contributed by atoms with Gasteiger partial charge in [0.05, 0.1) is 25.1 Å². The lowest BCUT2D eigenvalue weighted by Gasteiger charge is -2.08. The fourth-order valence-corrected chi connectivity index (χ4v) is 1.42. The lowest BCUT2D eigenvalue weighted by molar-refractivity contribution is 0.0691. The highest BCUT2D eigenvalue weighted by Crippen LogP contribution is 2.15. The zero-order chi connectivity index (χ0) is 13.2. The molecule has 102 valence electrons. The SMILES string of the molecule is COCCOCCCCNc1nc(Cl)ncc1N. The molecule has 0 aliphatic carbocycles. The van der Waals surface area contributed by atoms with Crippen molar-refractivity contribution in [1.29, 1.82) is 0 Å². The summed E-state index contributed by atoms with van der Waals surface area (Å²) in [5, 5.41) is 3.30. The molecule has 1 heterocycles. The summed E-state index contributed by atoms with van der Waals surface area (Å²) in [6.07, 6.45) is 3.43. The van der Waals surface area contributed by atoms with Gasteiger partial charge in [0.2, 0.25) is 5.28 Å². The van der Waals surface area contributed by atoms with Gasteiger partial charge in [0.15, 0.2) is 5.82 Å². The van der Waals surface area contributed by atoms with Gasteiger partial charge in [-0.3, -0.25) is 0 Å². The topological polar surface area (TPSA) is 82.3 Å². The Hall–Kier alpha value is -1.11. The van der Waals surface area contributed by atoms with E-state index in [0.717, 1.165) is 26.0 Å². The van der Waals surface area contributed by atoms with Crippen molar-refractivity contribution < 1.29 is 9.47 Å². The van der Waals surface area contributed by atoms with Crippen molar-refractivity contribution >= 4 is 23.1 Å². The molecule has 0 aliphatic rings. The van der Waals surface area contributed by atoms with Crippen LogP contribution in [0.4, 0.5) is 11.5 Å². The van der Waals surface area contributed by atoms with Crippen molar-refractivity contribution in [3.8, 4) is 0 Å². The summed E-state index contributed by atoms with van der Waals surface area (Å²) in [6, 6.07) is 0. The van der Waals surface area contributed by atoms with E-state index in [1.165, 1.54) is 6.20 Å². The number of nitrogens with zero attached hydrogens (tertiary/aromatic N) is 2. The Morgan fingerprint density at radius 2 is 2.17 bits per heavy atom. The van der Waals surface area contributed by atoms with E-state index >= 15 is 0 Å². The van der Waals surface area contributed by atoms with Crippen molar-refractivity contribution in [3.63, 3.8) is 0 Å². The van der Waals surface area contributed by atoms with Gasteiger partial charge < -0.3 is 20.5 Å². The third-order valence-electron chi connectivity index (χ3n) is 2.23. The Morgan fingerprint density at radius 1 is 1.33 bits per heavy atom. The van der Waals surface area contributed by atoms with Crippen LogP contribution in [0.15, 0.2) is 6.20 Å². The van der Waals surface area contributed by atoms with Crippen LogP contribution in [0.5, 0.6) is 0 Å². The zero-order valence-corrected chi connectivity index (χ0v) is 11.2. The predicted molar refractivity (Wildman–Crippen MR) is 71.9 cm³/mol. The molecule has 1 aromatic rings. The molecule has 0 aliphatic heterocycles. The predicted octanol–water partition coefficient (Wildman–Crippen LogP) is 1.57. The number of rotatable bonds is 9. The van der Waals surface area contributed by atoms with Crippen LogP contribution in [-0.2, 0) is 9.47 Å². The van der Waals surface area contributed by atoms with Gasteiger partial charge in [-0.2, -0.15) is 4.98 Å². The van der Waals surface area contributed by atoms with Crippen LogP contribution in [0, 0.1) is 0 Å². The number of nitrogen functional groups attached to an aromatic ring is 1. The van der Waals surface area contributed by atoms with E-state index in [1.807, 2.05) is 0 Å². The monoisotopic (exact) mass is 274 g/mol. The maximum Gasteiger partial charge on any atom is 0.224 e. The summed E-state index contributed by atoms with van der Waals surface area (Å²) in [5.74, 6) is 0.579. The molecule has 3 N–H and O–H groups in total. The van der Waals surface area contributed by atoms with Crippen LogP contribution in [-0.4, -0.2) is 43.4 Å². The van der Waals surface area contributed by atoms with Crippen molar-refractivity contribution in [3.05, 3.63) is 11.5 Å².